The summed E-state index contributed by atoms with van der Waals surface area (Å²) in [5.41, 5.74) is 3.80. The molecule has 3 N–H and O–H groups in total. The number of rotatable bonds is 2. The molecule has 2 heterocycles. The van der Waals surface area contributed by atoms with Gasteiger partial charge in [0.2, 0.25) is 0 Å². The summed E-state index contributed by atoms with van der Waals surface area (Å²) in [7, 11) is 0. The first-order chi connectivity index (χ1) is 7.20. The first-order valence-electron chi connectivity index (χ1n) is 4.26. The van der Waals surface area contributed by atoms with E-state index in [9.17, 15) is 4.39 Å². The molecule has 0 aromatic carbocycles. The number of nitrogens with zero attached hydrogens (tertiary/aromatic N) is 2. The first-order valence-corrected chi connectivity index (χ1v) is 5.04. The summed E-state index contributed by atoms with van der Waals surface area (Å²) in [6.07, 6.45) is 1.56. The number of nitrogens with two attached hydrogens (primary N) is 1. The third-order valence-corrected chi connectivity index (χ3v) is 2.82. The van der Waals surface area contributed by atoms with Crippen LogP contribution in [0.1, 0.15) is 5.69 Å². The number of hydrazine groups is 1. The van der Waals surface area contributed by atoms with Crippen LogP contribution in [0.25, 0.3) is 10.4 Å². The number of nitrogen functional groups attached to an aromatic ring is 1. The molecule has 0 aliphatic rings. The van der Waals surface area contributed by atoms with Gasteiger partial charge in [0.25, 0.3) is 0 Å². The van der Waals surface area contributed by atoms with Crippen molar-refractivity contribution in [2.45, 2.75) is 6.92 Å². The lowest BCUT2D eigenvalue weighted by atomic mass is 10.2. The van der Waals surface area contributed by atoms with Crippen LogP contribution in [0.2, 0.25) is 0 Å². The number of halogens is 1. The molecule has 2 aromatic heterocycles. The molecule has 0 aliphatic heterocycles. The van der Waals surface area contributed by atoms with E-state index in [-0.39, 0.29) is 5.82 Å². The second kappa shape index (κ2) is 3.92. The van der Waals surface area contributed by atoms with E-state index in [0.717, 1.165) is 10.6 Å². The fourth-order valence-electron chi connectivity index (χ4n) is 1.18. The molecule has 0 amide bonds. The lowest BCUT2D eigenvalue weighted by Gasteiger charge is -2.01. The van der Waals surface area contributed by atoms with E-state index in [2.05, 4.69) is 14.8 Å². The van der Waals surface area contributed by atoms with Gasteiger partial charge in [0.05, 0.1) is 10.6 Å². The molecule has 0 unspecified atom stereocenters. The zero-order chi connectivity index (χ0) is 10.8. The van der Waals surface area contributed by atoms with E-state index in [1.165, 1.54) is 17.6 Å². The zero-order valence-corrected chi connectivity index (χ0v) is 8.81. The summed E-state index contributed by atoms with van der Waals surface area (Å²) in [4.78, 5) is 4.74. The van der Waals surface area contributed by atoms with Crippen molar-refractivity contribution in [2.75, 3.05) is 5.43 Å². The molecule has 0 bridgehead atoms. The SMILES string of the molecule is Cc1cc(-c2cnc(NN)c(F)c2)sn1. The van der Waals surface area contributed by atoms with E-state index >= 15 is 0 Å². The summed E-state index contributed by atoms with van der Waals surface area (Å²) in [5, 5.41) is 0. The Morgan fingerprint density at radius 1 is 1.47 bits per heavy atom. The van der Waals surface area contributed by atoms with Crippen LogP contribution in [-0.4, -0.2) is 9.36 Å². The molecule has 2 aromatic rings. The Morgan fingerprint density at radius 3 is 2.80 bits per heavy atom. The highest BCUT2D eigenvalue weighted by atomic mass is 32.1. The van der Waals surface area contributed by atoms with Gasteiger partial charge in [-0.25, -0.2) is 15.2 Å². The van der Waals surface area contributed by atoms with Crippen LogP contribution in [0.5, 0.6) is 0 Å². The molecule has 0 fully saturated rings. The lowest BCUT2D eigenvalue weighted by molar-refractivity contribution is 0.625. The highest BCUT2D eigenvalue weighted by Gasteiger charge is 2.07. The van der Waals surface area contributed by atoms with Crippen LogP contribution >= 0.6 is 11.5 Å². The third kappa shape index (κ3) is 1.95. The topological polar surface area (TPSA) is 63.8 Å². The van der Waals surface area contributed by atoms with Gasteiger partial charge in [0.1, 0.15) is 0 Å². The van der Waals surface area contributed by atoms with E-state index < -0.39 is 5.82 Å². The Balaban J connectivity index is 2.42. The number of aromatic nitrogens is 2. The van der Waals surface area contributed by atoms with Gasteiger partial charge in [-0.05, 0) is 30.6 Å². The van der Waals surface area contributed by atoms with Crippen LogP contribution in [0, 0.1) is 12.7 Å². The molecular formula is C9H9FN4S. The fourth-order valence-corrected chi connectivity index (χ4v) is 1.91. The number of pyridine rings is 1. The van der Waals surface area contributed by atoms with Gasteiger partial charge < -0.3 is 5.43 Å². The Labute approximate surface area is 90.1 Å². The minimum absolute atomic E-state index is 0.0417. The number of nitrogens with one attached hydrogen (secondary N) is 1. The van der Waals surface area contributed by atoms with Gasteiger partial charge in [-0.2, -0.15) is 4.37 Å². The first kappa shape index (κ1) is 10.0. The number of anilines is 1. The summed E-state index contributed by atoms with van der Waals surface area (Å²) in [5.74, 6) is 4.65. The summed E-state index contributed by atoms with van der Waals surface area (Å²) in [6, 6.07) is 3.27. The maximum atomic E-state index is 13.3. The quantitative estimate of drug-likeness (QED) is 0.604. The Morgan fingerprint density at radius 2 is 2.27 bits per heavy atom. The van der Waals surface area contributed by atoms with Crippen LogP contribution in [0.3, 0.4) is 0 Å². The molecule has 0 atom stereocenters. The Bertz CT molecular complexity index is 483. The summed E-state index contributed by atoms with van der Waals surface area (Å²) >= 11 is 1.32. The van der Waals surface area contributed by atoms with Crippen LogP contribution in [-0.2, 0) is 0 Å². The molecule has 15 heavy (non-hydrogen) atoms. The zero-order valence-electron chi connectivity index (χ0n) is 7.99. The van der Waals surface area contributed by atoms with Crippen molar-refractivity contribution < 1.29 is 4.39 Å². The van der Waals surface area contributed by atoms with E-state index in [0.29, 0.717) is 5.56 Å². The molecule has 0 spiro atoms. The van der Waals surface area contributed by atoms with Crippen LogP contribution in [0.4, 0.5) is 10.2 Å². The van der Waals surface area contributed by atoms with Gasteiger partial charge in [-0.1, -0.05) is 0 Å². The third-order valence-electron chi connectivity index (χ3n) is 1.89. The predicted octanol–water partition coefficient (Wildman–Crippen LogP) is 1.94. The molecular weight excluding hydrogens is 215 g/mol. The highest BCUT2D eigenvalue weighted by molar-refractivity contribution is 7.09. The lowest BCUT2D eigenvalue weighted by Crippen LogP contribution is -2.10. The molecule has 2 rings (SSSR count). The molecule has 0 aliphatic carbocycles. The van der Waals surface area contributed by atoms with Crippen LogP contribution in [0.15, 0.2) is 18.3 Å². The van der Waals surface area contributed by atoms with E-state index in [4.69, 9.17) is 5.84 Å². The molecule has 4 nitrogen and oxygen atoms in total. The number of aryl methyl sites for hydroxylation is 1. The van der Waals surface area contributed by atoms with Gasteiger partial charge in [-0.15, -0.1) is 0 Å². The van der Waals surface area contributed by atoms with Gasteiger partial charge in [-0.3, -0.25) is 0 Å². The maximum absolute atomic E-state index is 13.3. The van der Waals surface area contributed by atoms with Crippen LogP contribution < -0.4 is 11.3 Å². The van der Waals surface area contributed by atoms with Crippen molar-refractivity contribution in [2.24, 2.45) is 5.84 Å². The van der Waals surface area contributed by atoms with Gasteiger partial charge in [0, 0.05) is 11.8 Å². The van der Waals surface area contributed by atoms with Gasteiger partial charge in [0.15, 0.2) is 11.6 Å². The van der Waals surface area contributed by atoms with Crippen molar-refractivity contribution in [1.29, 1.82) is 0 Å². The average Bonchev–Trinajstić information content (AvgIpc) is 2.65. The molecule has 0 saturated carbocycles. The summed E-state index contributed by atoms with van der Waals surface area (Å²) in [6.45, 7) is 1.89. The smallest absolute Gasteiger partial charge is 0.176 e. The van der Waals surface area contributed by atoms with E-state index in [1.54, 1.807) is 6.20 Å². The minimum Gasteiger partial charge on any atom is -0.306 e. The normalized spacial score (nSPS) is 10.3. The highest BCUT2D eigenvalue weighted by Crippen LogP contribution is 2.25. The molecule has 0 saturated heterocycles. The fraction of sp³-hybridized carbons (Fsp3) is 0.111. The summed E-state index contributed by atoms with van der Waals surface area (Å²) < 4.78 is 17.4. The second-order valence-corrected chi connectivity index (χ2v) is 3.84. The number of hydrogen-bond acceptors (Lipinski definition) is 5. The number of hydrogen-bond donors (Lipinski definition) is 2. The molecule has 0 radical (unpaired) electrons. The largest absolute Gasteiger partial charge is 0.306 e. The predicted molar refractivity (Wildman–Crippen MR) is 57.9 cm³/mol. The standard InChI is InChI=1S/C9H9FN4S/c1-5-2-8(15-14-5)6-3-7(10)9(13-11)12-4-6/h2-4H,11H2,1H3,(H,12,13). The van der Waals surface area contributed by atoms with E-state index in [1.807, 2.05) is 13.0 Å². The Hall–Kier alpha value is -1.53. The van der Waals surface area contributed by atoms with Crippen molar-refractivity contribution in [3.8, 4) is 10.4 Å². The maximum Gasteiger partial charge on any atom is 0.176 e. The van der Waals surface area contributed by atoms with Gasteiger partial charge >= 0.3 is 0 Å². The minimum atomic E-state index is -0.471. The van der Waals surface area contributed by atoms with Crippen molar-refractivity contribution in [3.63, 3.8) is 0 Å². The Kier molecular flexibility index (Phi) is 2.61. The molecule has 78 valence electrons. The van der Waals surface area contributed by atoms with Crippen molar-refractivity contribution >= 4 is 17.4 Å². The monoisotopic (exact) mass is 224 g/mol. The van der Waals surface area contributed by atoms with Crippen molar-refractivity contribution in [3.05, 3.63) is 29.8 Å². The average molecular weight is 224 g/mol. The van der Waals surface area contributed by atoms with Crippen molar-refractivity contribution in [1.82, 2.24) is 9.36 Å². The molecule has 6 heteroatoms. The second-order valence-electron chi connectivity index (χ2n) is 3.03.